The molecule has 1 heterocycles. The number of aryl methyl sites for hydroxylation is 1. The summed E-state index contributed by atoms with van der Waals surface area (Å²) in [6.07, 6.45) is 0.885. The molecule has 0 aliphatic rings. The van der Waals surface area contributed by atoms with E-state index in [0.29, 0.717) is 23.2 Å². The minimum absolute atomic E-state index is 0.199. The van der Waals surface area contributed by atoms with Crippen LogP contribution in [-0.2, 0) is 0 Å². The van der Waals surface area contributed by atoms with Crippen molar-refractivity contribution in [3.63, 3.8) is 0 Å². The summed E-state index contributed by atoms with van der Waals surface area (Å²) in [4.78, 5) is 23.1. The summed E-state index contributed by atoms with van der Waals surface area (Å²) in [5.74, 6) is 0.180. The Bertz CT molecular complexity index is 748. The van der Waals surface area contributed by atoms with Gasteiger partial charge in [0, 0.05) is 22.9 Å². The van der Waals surface area contributed by atoms with Crippen LogP contribution in [0.4, 0.5) is 11.6 Å². The summed E-state index contributed by atoms with van der Waals surface area (Å²) >= 11 is 6.14. The van der Waals surface area contributed by atoms with Crippen LogP contribution in [0.3, 0.4) is 0 Å². The zero-order valence-electron chi connectivity index (χ0n) is 15.1. The van der Waals surface area contributed by atoms with Gasteiger partial charge >= 0.3 is 0 Å². The molecule has 1 aromatic heterocycles. The predicted octanol–water partition coefficient (Wildman–Crippen LogP) is 3.17. The second-order valence-corrected chi connectivity index (χ2v) is 6.58. The Hall–Kier alpha value is -2.18. The van der Waals surface area contributed by atoms with Crippen molar-refractivity contribution in [2.45, 2.75) is 20.3 Å². The van der Waals surface area contributed by atoms with Crippen LogP contribution < -0.4 is 10.6 Å². The molecule has 1 aromatic carbocycles. The van der Waals surface area contributed by atoms with Gasteiger partial charge in [0.1, 0.15) is 5.69 Å². The SMILES string of the molecule is Cc1cc(C(=O)NCCCN(C)C)nc(Nc2cccc(Cl)c2C)n1. The maximum atomic E-state index is 12.3. The number of hydrogen-bond donors (Lipinski definition) is 2. The van der Waals surface area contributed by atoms with Crippen LogP contribution in [0, 0.1) is 13.8 Å². The van der Waals surface area contributed by atoms with Gasteiger partial charge in [-0.05, 0) is 64.7 Å². The van der Waals surface area contributed by atoms with E-state index in [9.17, 15) is 4.79 Å². The molecule has 0 fully saturated rings. The molecule has 0 aliphatic heterocycles. The molecule has 1 amide bonds. The molecule has 0 spiro atoms. The fraction of sp³-hybridized carbons (Fsp3) is 0.389. The first-order valence-corrected chi connectivity index (χ1v) is 8.55. The molecule has 0 unspecified atom stereocenters. The van der Waals surface area contributed by atoms with E-state index in [4.69, 9.17) is 11.6 Å². The summed E-state index contributed by atoms with van der Waals surface area (Å²) < 4.78 is 0. The average Bonchev–Trinajstić information content (AvgIpc) is 2.55. The number of nitrogens with zero attached hydrogens (tertiary/aromatic N) is 3. The van der Waals surface area contributed by atoms with Crippen molar-refractivity contribution in [2.75, 3.05) is 32.5 Å². The lowest BCUT2D eigenvalue weighted by atomic mass is 10.2. The van der Waals surface area contributed by atoms with Crippen LogP contribution in [0.1, 0.15) is 28.2 Å². The van der Waals surface area contributed by atoms with Crippen molar-refractivity contribution in [1.29, 1.82) is 0 Å². The molecule has 0 radical (unpaired) electrons. The second-order valence-electron chi connectivity index (χ2n) is 6.17. The summed E-state index contributed by atoms with van der Waals surface area (Å²) in [6.45, 7) is 5.28. The van der Waals surface area contributed by atoms with Crippen molar-refractivity contribution >= 4 is 29.1 Å². The van der Waals surface area contributed by atoms with Crippen LogP contribution in [0.15, 0.2) is 24.3 Å². The normalized spacial score (nSPS) is 10.8. The molecular formula is C18H24ClN5O. The zero-order valence-corrected chi connectivity index (χ0v) is 15.8. The smallest absolute Gasteiger partial charge is 0.270 e. The van der Waals surface area contributed by atoms with Gasteiger partial charge in [-0.1, -0.05) is 17.7 Å². The number of rotatable bonds is 7. The van der Waals surface area contributed by atoms with Gasteiger partial charge in [-0.3, -0.25) is 4.79 Å². The van der Waals surface area contributed by atoms with E-state index in [1.54, 1.807) is 6.07 Å². The lowest BCUT2D eigenvalue weighted by Gasteiger charge is -2.12. The van der Waals surface area contributed by atoms with Crippen molar-refractivity contribution in [3.05, 3.63) is 46.2 Å². The maximum absolute atomic E-state index is 12.3. The maximum Gasteiger partial charge on any atom is 0.270 e. The minimum Gasteiger partial charge on any atom is -0.351 e. The largest absolute Gasteiger partial charge is 0.351 e. The molecular weight excluding hydrogens is 338 g/mol. The van der Waals surface area contributed by atoms with Crippen molar-refractivity contribution in [3.8, 4) is 0 Å². The van der Waals surface area contributed by atoms with Crippen molar-refractivity contribution in [2.24, 2.45) is 0 Å². The van der Waals surface area contributed by atoms with Gasteiger partial charge in [0.15, 0.2) is 0 Å². The highest BCUT2D eigenvalue weighted by Crippen LogP contribution is 2.25. The second kappa shape index (κ2) is 8.78. The number of halogens is 1. The van der Waals surface area contributed by atoms with Gasteiger partial charge in [-0.25, -0.2) is 9.97 Å². The summed E-state index contributed by atoms with van der Waals surface area (Å²) in [5, 5.41) is 6.69. The third kappa shape index (κ3) is 5.69. The van der Waals surface area contributed by atoms with Gasteiger partial charge in [0.05, 0.1) is 0 Å². The van der Waals surface area contributed by atoms with E-state index >= 15 is 0 Å². The third-order valence-electron chi connectivity index (χ3n) is 3.67. The highest BCUT2D eigenvalue weighted by atomic mass is 35.5. The number of nitrogens with one attached hydrogen (secondary N) is 2. The minimum atomic E-state index is -0.199. The van der Waals surface area contributed by atoms with Crippen LogP contribution in [0.2, 0.25) is 5.02 Å². The topological polar surface area (TPSA) is 70.2 Å². The van der Waals surface area contributed by atoms with E-state index in [1.165, 1.54) is 0 Å². The Balaban J connectivity index is 2.09. The molecule has 2 rings (SSSR count). The highest BCUT2D eigenvalue weighted by molar-refractivity contribution is 6.31. The molecule has 2 aromatic rings. The number of benzene rings is 1. The molecule has 0 atom stereocenters. The van der Waals surface area contributed by atoms with E-state index in [1.807, 2.05) is 46.1 Å². The molecule has 0 aliphatic carbocycles. The van der Waals surface area contributed by atoms with Gasteiger partial charge in [0.25, 0.3) is 5.91 Å². The number of hydrogen-bond acceptors (Lipinski definition) is 5. The number of carbonyl (C=O) groups is 1. The fourth-order valence-electron chi connectivity index (χ4n) is 2.29. The van der Waals surface area contributed by atoms with Crippen LogP contribution in [0.25, 0.3) is 0 Å². The monoisotopic (exact) mass is 361 g/mol. The van der Waals surface area contributed by atoms with Gasteiger partial charge in [0.2, 0.25) is 5.95 Å². The first kappa shape index (κ1) is 19.1. The van der Waals surface area contributed by atoms with Gasteiger partial charge in [-0.15, -0.1) is 0 Å². The molecule has 0 saturated heterocycles. The average molecular weight is 362 g/mol. The van der Waals surface area contributed by atoms with Crippen LogP contribution in [-0.4, -0.2) is 48.0 Å². The first-order valence-electron chi connectivity index (χ1n) is 8.17. The third-order valence-corrected chi connectivity index (χ3v) is 4.08. The summed E-state index contributed by atoms with van der Waals surface area (Å²) in [6, 6.07) is 7.25. The van der Waals surface area contributed by atoms with Crippen molar-refractivity contribution in [1.82, 2.24) is 20.2 Å². The quantitative estimate of drug-likeness (QED) is 0.741. The Morgan fingerprint density at radius 2 is 2.00 bits per heavy atom. The number of carbonyl (C=O) groups excluding carboxylic acids is 1. The van der Waals surface area contributed by atoms with Crippen LogP contribution >= 0.6 is 11.6 Å². The predicted molar refractivity (Wildman–Crippen MR) is 102 cm³/mol. The molecule has 6 nitrogen and oxygen atoms in total. The lowest BCUT2D eigenvalue weighted by molar-refractivity contribution is 0.0947. The summed E-state index contributed by atoms with van der Waals surface area (Å²) in [7, 11) is 4.01. The summed E-state index contributed by atoms with van der Waals surface area (Å²) in [5.41, 5.74) is 2.79. The zero-order chi connectivity index (χ0) is 18.4. The van der Waals surface area contributed by atoms with Crippen molar-refractivity contribution < 1.29 is 4.79 Å². The number of amides is 1. The molecule has 0 saturated carbocycles. The Labute approximate surface area is 153 Å². The van der Waals surface area contributed by atoms with Gasteiger partial charge < -0.3 is 15.5 Å². The molecule has 0 bridgehead atoms. The number of anilines is 2. The highest BCUT2D eigenvalue weighted by Gasteiger charge is 2.11. The molecule has 7 heteroatoms. The van der Waals surface area contributed by atoms with E-state index < -0.39 is 0 Å². The molecule has 134 valence electrons. The molecule has 2 N–H and O–H groups in total. The van der Waals surface area contributed by atoms with E-state index in [2.05, 4.69) is 25.5 Å². The van der Waals surface area contributed by atoms with Crippen LogP contribution in [0.5, 0.6) is 0 Å². The molecule has 25 heavy (non-hydrogen) atoms. The fourth-order valence-corrected chi connectivity index (χ4v) is 2.47. The van der Waals surface area contributed by atoms with E-state index in [-0.39, 0.29) is 5.91 Å². The Morgan fingerprint density at radius 3 is 2.72 bits per heavy atom. The van der Waals surface area contributed by atoms with E-state index in [0.717, 1.165) is 29.9 Å². The number of aromatic nitrogens is 2. The first-order chi connectivity index (χ1) is 11.9. The Kier molecular flexibility index (Phi) is 6.73. The Morgan fingerprint density at radius 1 is 1.24 bits per heavy atom. The lowest BCUT2D eigenvalue weighted by Crippen LogP contribution is -2.28. The van der Waals surface area contributed by atoms with Gasteiger partial charge in [-0.2, -0.15) is 0 Å². The standard InChI is InChI=1S/C18H24ClN5O/c1-12-11-16(17(25)20-9-6-10-24(3)4)23-18(21-12)22-15-8-5-7-14(19)13(15)2/h5,7-8,11H,6,9-10H2,1-4H3,(H,20,25)(H,21,22,23).